The predicted molar refractivity (Wildman–Crippen MR) is 71.2 cm³/mol. The molecule has 3 nitrogen and oxygen atoms in total. The van der Waals surface area contributed by atoms with Gasteiger partial charge in [0.25, 0.3) is 0 Å². The smallest absolute Gasteiger partial charge is 0.334 e. The van der Waals surface area contributed by atoms with Crippen LogP contribution in [0, 0.1) is 0 Å². The minimum absolute atomic E-state index is 0.319. The Morgan fingerprint density at radius 1 is 1.41 bits per heavy atom. The molecule has 1 N–H and O–H groups in total. The van der Waals surface area contributed by atoms with E-state index in [-0.39, 0.29) is 5.97 Å². The van der Waals surface area contributed by atoms with Gasteiger partial charge in [-0.25, -0.2) is 4.79 Å². The summed E-state index contributed by atoms with van der Waals surface area (Å²) in [6.45, 7) is 9.25. The molecule has 1 rings (SSSR count). The van der Waals surface area contributed by atoms with Crippen LogP contribution < -0.4 is 5.32 Å². The molecule has 0 atom stereocenters. The first-order valence-electron chi connectivity index (χ1n) is 5.80. The lowest BCUT2D eigenvalue weighted by atomic mass is 10.3. The van der Waals surface area contributed by atoms with E-state index in [1.54, 1.807) is 18.3 Å². The molecular formula is C13H19NO2S. The maximum Gasteiger partial charge on any atom is 0.334 e. The molecule has 4 heteroatoms. The third kappa shape index (κ3) is 4.71. The molecule has 0 aliphatic carbocycles. The van der Waals surface area contributed by atoms with E-state index in [1.807, 2.05) is 0 Å². The molecule has 94 valence electrons. The average Bonchev–Trinajstić information content (AvgIpc) is 2.77. The molecule has 0 amide bonds. The van der Waals surface area contributed by atoms with Crippen molar-refractivity contribution in [2.24, 2.45) is 0 Å². The highest BCUT2D eigenvalue weighted by Gasteiger charge is 2.07. The Hall–Kier alpha value is -1.13. The second-order valence-electron chi connectivity index (χ2n) is 3.65. The Morgan fingerprint density at radius 2 is 2.12 bits per heavy atom. The van der Waals surface area contributed by atoms with Crippen LogP contribution in [0.25, 0.3) is 0 Å². The van der Waals surface area contributed by atoms with Crippen molar-refractivity contribution in [2.45, 2.75) is 26.8 Å². The average molecular weight is 253 g/mol. The maximum atomic E-state index is 11.3. The number of thiophene rings is 1. The summed E-state index contributed by atoms with van der Waals surface area (Å²) < 4.78 is 4.85. The van der Waals surface area contributed by atoms with Crippen LogP contribution in [0.1, 0.15) is 23.6 Å². The molecule has 0 aliphatic rings. The quantitative estimate of drug-likeness (QED) is 0.599. The van der Waals surface area contributed by atoms with Crippen LogP contribution in [0.5, 0.6) is 0 Å². The summed E-state index contributed by atoms with van der Waals surface area (Å²) in [6, 6.07) is 4.26. The topological polar surface area (TPSA) is 38.3 Å². The van der Waals surface area contributed by atoms with E-state index >= 15 is 0 Å². The van der Waals surface area contributed by atoms with Gasteiger partial charge < -0.3 is 10.1 Å². The van der Waals surface area contributed by atoms with Gasteiger partial charge in [-0.2, -0.15) is 0 Å². The summed E-state index contributed by atoms with van der Waals surface area (Å²) in [5, 5.41) is 3.19. The van der Waals surface area contributed by atoms with Gasteiger partial charge in [0.1, 0.15) is 0 Å². The zero-order valence-corrected chi connectivity index (χ0v) is 11.2. The highest BCUT2D eigenvalue weighted by molar-refractivity contribution is 7.11. The van der Waals surface area contributed by atoms with Crippen molar-refractivity contribution < 1.29 is 9.53 Å². The molecule has 0 saturated carbocycles. The molecule has 0 radical (unpaired) electrons. The number of rotatable bonds is 7. The number of nitrogens with one attached hydrogen (secondary N) is 1. The first-order valence-corrected chi connectivity index (χ1v) is 6.62. The van der Waals surface area contributed by atoms with Gasteiger partial charge in [0.15, 0.2) is 0 Å². The molecule has 1 aromatic heterocycles. The van der Waals surface area contributed by atoms with E-state index in [0.717, 1.165) is 13.0 Å². The Labute approximate surface area is 106 Å². The minimum atomic E-state index is -0.319. The summed E-state index contributed by atoms with van der Waals surface area (Å²) in [4.78, 5) is 13.9. The lowest BCUT2D eigenvalue weighted by Crippen LogP contribution is -2.21. The number of hydrogen-bond acceptors (Lipinski definition) is 4. The maximum absolute atomic E-state index is 11.3. The van der Waals surface area contributed by atoms with Crippen molar-refractivity contribution in [3.63, 3.8) is 0 Å². The highest BCUT2D eigenvalue weighted by Crippen LogP contribution is 2.16. The monoisotopic (exact) mass is 253 g/mol. The molecular weight excluding hydrogens is 234 g/mol. The largest absolute Gasteiger partial charge is 0.463 e. The predicted octanol–water partition coefficient (Wildman–Crippen LogP) is 2.52. The standard InChI is InChI=1S/C13H19NO2S/c1-4-11-6-7-12(17-11)9-14-8-10(3)13(15)16-5-2/h6-7,14H,3-5,8-9H2,1-2H3. The summed E-state index contributed by atoms with van der Waals surface area (Å²) in [5.41, 5.74) is 0.471. The van der Waals surface area contributed by atoms with E-state index in [1.165, 1.54) is 9.75 Å². The fraction of sp³-hybridized carbons (Fsp3) is 0.462. The van der Waals surface area contributed by atoms with Gasteiger partial charge in [0.05, 0.1) is 6.61 Å². The zero-order valence-electron chi connectivity index (χ0n) is 10.4. The number of carbonyl (C=O) groups is 1. The summed E-state index contributed by atoms with van der Waals surface area (Å²) in [5.74, 6) is -0.319. The molecule has 0 aromatic carbocycles. The third-order valence-corrected chi connectivity index (χ3v) is 3.50. The van der Waals surface area contributed by atoms with Crippen LogP contribution in [0.3, 0.4) is 0 Å². The SMILES string of the molecule is C=C(CNCc1ccc(CC)s1)C(=O)OCC. The molecule has 0 spiro atoms. The molecule has 17 heavy (non-hydrogen) atoms. The Morgan fingerprint density at radius 3 is 2.71 bits per heavy atom. The van der Waals surface area contributed by atoms with Crippen molar-refractivity contribution in [1.82, 2.24) is 5.32 Å². The first-order chi connectivity index (χ1) is 8.17. The highest BCUT2D eigenvalue weighted by atomic mass is 32.1. The first kappa shape index (κ1) is 13.9. The van der Waals surface area contributed by atoms with Crippen LogP contribution in [0.4, 0.5) is 0 Å². The molecule has 0 fully saturated rings. The summed E-state index contributed by atoms with van der Waals surface area (Å²) in [7, 11) is 0. The van der Waals surface area contributed by atoms with Crippen molar-refractivity contribution in [3.05, 3.63) is 34.0 Å². The van der Waals surface area contributed by atoms with Gasteiger partial charge in [-0.05, 0) is 25.5 Å². The zero-order chi connectivity index (χ0) is 12.7. The molecule has 0 aliphatic heterocycles. The summed E-state index contributed by atoms with van der Waals surface area (Å²) in [6.07, 6.45) is 1.07. The Kier molecular flexibility index (Phi) is 5.94. The number of carbonyl (C=O) groups excluding carboxylic acids is 1. The van der Waals surface area contributed by atoms with Gasteiger partial charge in [-0.1, -0.05) is 13.5 Å². The summed E-state index contributed by atoms with van der Waals surface area (Å²) >= 11 is 1.79. The molecule has 1 heterocycles. The molecule has 1 aromatic rings. The van der Waals surface area contributed by atoms with Crippen LogP contribution in [-0.2, 0) is 22.5 Å². The van der Waals surface area contributed by atoms with E-state index in [0.29, 0.717) is 18.7 Å². The van der Waals surface area contributed by atoms with Gasteiger partial charge >= 0.3 is 5.97 Å². The number of ether oxygens (including phenoxy) is 1. The Balaban J connectivity index is 2.27. The van der Waals surface area contributed by atoms with Crippen molar-refractivity contribution in [3.8, 4) is 0 Å². The normalized spacial score (nSPS) is 10.2. The van der Waals surface area contributed by atoms with Crippen molar-refractivity contribution in [2.75, 3.05) is 13.2 Å². The number of hydrogen-bond donors (Lipinski definition) is 1. The van der Waals surface area contributed by atoms with Crippen molar-refractivity contribution >= 4 is 17.3 Å². The van der Waals surface area contributed by atoms with Crippen LogP contribution in [0.15, 0.2) is 24.3 Å². The fourth-order valence-electron chi connectivity index (χ4n) is 1.35. The minimum Gasteiger partial charge on any atom is -0.463 e. The fourth-order valence-corrected chi connectivity index (χ4v) is 2.28. The third-order valence-electron chi connectivity index (χ3n) is 2.27. The van der Waals surface area contributed by atoms with E-state index < -0.39 is 0 Å². The Bertz CT molecular complexity index is 385. The molecule has 0 saturated heterocycles. The second kappa shape index (κ2) is 7.25. The van der Waals surface area contributed by atoms with Gasteiger partial charge in [0, 0.05) is 28.4 Å². The van der Waals surface area contributed by atoms with Crippen LogP contribution >= 0.6 is 11.3 Å². The second-order valence-corrected chi connectivity index (χ2v) is 4.90. The van der Waals surface area contributed by atoms with E-state index in [9.17, 15) is 4.79 Å². The van der Waals surface area contributed by atoms with Crippen molar-refractivity contribution in [1.29, 1.82) is 0 Å². The lowest BCUT2D eigenvalue weighted by molar-refractivity contribution is -0.138. The van der Waals surface area contributed by atoms with Gasteiger partial charge in [-0.3, -0.25) is 0 Å². The van der Waals surface area contributed by atoms with Crippen LogP contribution in [-0.4, -0.2) is 19.1 Å². The van der Waals surface area contributed by atoms with Gasteiger partial charge in [-0.15, -0.1) is 11.3 Å². The van der Waals surface area contributed by atoms with E-state index in [2.05, 4.69) is 31.0 Å². The van der Waals surface area contributed by atoms with E-state index in [4.69, 9.17) is 4.74 Å². The van der Waals surface area contributed by atoms with Crippen LogP contribution in [0.2, 0.25) is 0 Å². The lowest BCUT2D eigenvalue weighted by Gasteiger charge is -2.06. The number of aryl methyl sites for hydroxylation is 1. The molecule has 0 bridgehead atoms. The number of esters is 1. The molecule has 0 unspecified atom stereocenters. The van der Waals surface area contributed by atoms with Gasteiger partial charge in [0.2, 0.25) is 0 Å².